The van der Waals surface area contributed by atoms with Crippen LogP contribution in [0.25, 0.3) is 0 Å². The molecule has 94 valence electrons. The number of ether oxygens (including phenoxy) is 1. The molecule has 1 saturated heterocycles. The van der Waals surface area contributed by atoms with E-state index in [0.717, 1.165) is 19.3 Å². The topological polar surface area (TPSA) is 66.8 Å². The molecule has 5 nitrogen and oxygen atoms in total. The van der Waals surface area contributed by atoms with E-state index in [4.69, 9.17) is 9.84 Å². The van der Waals surface area contributed by atoms with Gasteiger partial charge in [-0.05, 0) is 25.7 Å². The fourth-order valence-electron chi connectivity index (χ4n) is 2.75. The molecule has 1 amide bonds. The van der Waals surface area contributed by atoms with Crippen molar-refractivity contribution in [2.24, 2.45) is 5.92 Å². The lowest BCUT2D eigenvalue weighted by molar-refractivity contribution is -0.141. The van der Waals surface area contributed by atoms with Crippen LogP contribution in [0, 0.1) is 5.92 Å². The zero-order valence-corrected chi connectivity index (χ0v) is 9.72. The van der Waals surface area contributed by atoms with Gasteiger partial charge >= 0.3 is 12.1 Å². The quantitative estimate of drug-likeness (QED) is 0.760. The van der Waals surface area contributed by atoms with Gasteiger partial charge in [0.1, 0.15) is 6.61 Å². The standard InChI is InChI=1S/C12H17NO4/c1-2-6-17-11(16)13-8-9(10(14)15)7-12(13)4-3-5-12/h2,9H,1,3-8H2,(H,14,15). The van der Waals surface area contributed by atoms with E-state index in [1.54, 1.807) is 4.90 Å². The monoisotopic (exact) mass is 239 g/mol. The minimum atomic E-state index is -0.824. The first kappa shape index (κ1) is 12.0. The van der Waals surface area contributed by atoms with Crippen molar-refractivity contribution >= 4 is 12.1 Å². The summed E-state index contributed by atoms with van der Waals surface area (Å²) in [6.45, 7) is 3.92. The molecule has 1 spiro atoms. The number of aliphatic carboxylic acids is 1. The van der Waals surface area contributed by atoms with Crippen LogP contribution in [0.3, 0.4) is 0 Å². The second-order valence-corrected chi connectivity index (χ2v) is 4.79. The van der Waals surface area contributed by atoms with E-state index in [9.17, 15) is 9.59 Å². The number of carbonyl (C=O) groups excluding carboxylic acids is 1. The largest absolute Gasteiger partial charge is 0.481 e. The van der Waals surface area contributed by atoms with Crippen LogP contribution in [0.4, 0.5) is 4.79 Å². The van der Waals surface area contributed by atoms with Gasteiger partial charge in [0.25, 0.3) is 0 Å². The molecule has 0 aromatic carbocycles. The summed E-state index contributed by atoms with van der Waals surface area (Å²) in [5, 5.41) is 9.05. The zero-order valence-electron chi connectivity index (χ0n) is 9.72. The van der Waals surface area contributed by atoms with E-state index < -0.39 is 18.0 Å². The second kappa shape index (κ2) is 4.39. The van der Waals surface area contributed by atoms with Crippen molar-refractivity contribution in [1.82, 2.24) is 4.90 Å². The summed E-state index contributed by atoms with van der Waals surface area (Å²) in [6, 6.07) is 0. The molecule has 1 N–H and O–H groups in total. The highest BCUT2D eigenvalue weighted by Crippen LogP contribution is 2.47. The smallest absolute Gasteiger partial charge is 0.410 e. The second-order valence-electron chi connectivity index (χ2n) is 4.79. The van der Waals surface area contributed by atoms with Gasteiger partial charge in [0.05, 0.1) is 5.92 Å². The highest BCUT2D eigenvalue weighted by molar-refractivity contribution is 5.75. The normalized spacial score (nSPS) is 25.4. The number of hydrogen-bond donors (Lipinski definition) is 1. The van der Waals surface area contributed by atoms with Crippen LogP contribution in [0.15, 0.2) is 12.7 Å². The maximum absolute atomic E-state index is 11.8. The zero-order chi connectivity index (χ0) is 12.5. The van der Waals surface area contributed by atoms with Crippen LogP contribution in [-0.2, 0) is 9.53 Å². The van der Waals surface area contributed by atoms with Crippen LogP contribution in [0.1, 0.15) is 25.7 Å². The van der Waals surface area contributed by atoms with E-state index >= 15 is 0 Å². The summed E-state index contributed by atoms with van der Waals surface area (Å²) < 4.78 is 5.01. The summed E-state index contributed by atoms with van der Waals surface area (Å²) in [5.74, 6) is -1.28. The third-order valence-corrected chi connectivity index (χ3v) is 3.78. The average molecular weight is 239 g/mol. The third-order valence-electron chi connectivity index (χ3n) is 3.78. The number of carboxylic acids is 1. The summed E-state index contributed by atoms with van der Waals surface area (Å²) in [7, 11) is 0. The molecular formula is C12H17NO4. The Balaban J connectivity index is 2.06. The van der Waals surface area contributed by atoms with E-state index in [1.165, 1.54) is 6.08 Å². The lowest BCUT2D eigenvalue weighted by Gasteiger charge is -2.44. The Kier molecular flexibility index (Phi) is 3.09. The van der Waals surface area contributed by atoms with Crippen molar-refractivity contribution in [3.8, 4) is 0 Å². The number of carboxylic acid groups (broad SMARTS) is 1. The van der Waals surface area contributed by atoms with Crippen molar-refractivity contribution in [2.45, 2.75) is 31.2 Å². The number of carbonyl (C=O) groups is 2. The SMILES string of the molecule is C=CCOC(=O)N1CC(C(=O)O)CC12CCC2. The van der Waals surface area contributed by atoms with Gasteiger partial charge in [-0.2, -0.15) is 0 Å². The van der Waals surface area contributed by atoms with E-state index in [1.807, 2.05) is 0 Å². The molecule has 0 bridgehead atoms. The van der Waals surface area contributed by atoms with Gasteiger partial charge in [0, 0.05) is 12.1 Å². The van der Waals surface area contributed by atoms with E-state index in [0.29, 0.717) is 6.42 Å². The van der Waals surface area contributed by atoms with Crippen molar-refractivity contribution in [1.29, 1.82) is 0 Å². The first-order chi connectivity index (χ1) is 8.09. The Morgan fingerprint density at radius 3 is 2.71 bits per heavy atom. The van der Waals surface area contributed by atoms with Gasteiger partial charge in [-0.3, -0.25) is 4.79 Å². The highest BCUT2D eigenvalue weighted by atomic mass is 16.6. The maximum Gasteiger partial charge on any atom is 0.410 e. The predicted octanol–water partition coefficient (Wildman–Crippen LogP) is 1.64. The summed E-state index contributed by atoms with van der Waals surface area (Å²) >= 11 is 0. The van der Waals surface area contributed by atoms with Crippen LogP contribution in [-0.4, -0.2) is 40.8 Å². The number of amides is 1. The highest BCUT2D eigenvalue weighted by Gasteiger charge is 2.53. The number of hydrogen-bond acceptors (Lipinski definition) is 3. The molecule has 2 rings (SSSR count). The van der Waals surface area contributed by atoms with E-state index in [-0.39, 0.29) is 18.7 Å². The molecular weight excluding hydrogens is 222 g/mol. The van der Waals surface area contributed by atoms with Gasteiger partial charge in [-0.25, -0.2) is 4.79 Å². The lowest BCUT2D eigenvalue weighted by Crippen LogP contribution is -2.52. The van der Waals surface area contributed by atoms with Gasteiger partial charge in [-0.1, -0.05) is 12.7 Å². The van der Waals surface area contributed by atoms with Crippen LogP contribution in [0.2, 0.25) is 0 Å². The van der Waals surface area contributed by atoms with Crippen molar-refractivity contribution < 1.29 is 19.4 Å². The summed E-state index contributed by atoms with van der Waals surface area (Å²) in [4.78, 5) is 24.5. The Hall–Kier alpha value is -1.52. The predicted molar refractivity (Wildman–Crippen MR) is 60.6 cm³/mol. The minimum Gasteiger partial charge on any atom is -0.481 e. The average Bonchev–Trinajstić information content (AvgIpc) is 2.66. The van der Waals surface area contributed by atoms with Gasteiger partial charge in [0.15, 0.2) is 0 Å². The molecule has 1 heterocycles. The molecule has 1 atom stereocenters. The Morgan fingerprint density at radius 2 is 2.24 bits per heavy atom. The van der Waals surface area contributed by atoms with E-state index in [2.05, 4.69) is 6.58 Å². The first-order valence-electron chi connectivity index (χ1n) is 5.87. The van der Waals surface area contributed by atoms with Gasteiger partial charge < -0.3 is 14.7 Å². The Bertz CT molecular complexity index is 348. The molecule has 2 fully saturated rings. The number of nitrogens with zero attached hydrogens (tertiary/aromatic N) is 1. The molecule has 2 aliphatic rings. The fraction of sp³-hybridized carbons (Fsp3) is 0.667. The third kappa shape index (κ3) is 2.01. The maximum atomic E-state index is 11.8. The van der Waals surface area contributed by atoms with Crippen molar-refractivity contribution in [3.05, 3.63) is 12.7 Å². The molecule has 1 unspecified atom stereocenters. The Labute approximate surface area is 100 Å². The van der Waals surface area contributed by atoms with Crippen LogP contribution >= 0.6 is 0 Å². The number of likely N-dealkylation sites (tertiary alicyclic amines) is 1. The van der Waals surface area contributed by atoms with Crippen molar-refractivity contribution in [3.63, 3.8) is 0 Å². The van der Waals surface area contributed by atoms with Gasteiger partial charge in [-0.15, -0.1) is 0 Å². The van der Waals surface area contributed by atoms with Crippen LogP contribution < -0.4 is 0 Å². The first-order valence-corrected chi connectivity index (χ1v) is 5.87. The molecule has 5 heteroatoms. The Morgan fingerprint density at radius 1 is 1.53 bits per heavy atom. The minimum absolute atomic E-state index is 0.170. The van der Waals surface area contributed by atoms with Crippen molar-refractivity contribution in [2.75, 3.05) is 13.2 Å². The molecule has 0 aromatic rings. The molecule has 1 aliphatic carbocycles. The molecule has 0 aromatic heterocycles. The molecule has 17 heavy (non-hydrogen) atoms. The lowest BCUT2D eigenvalue weighted by atomic mass is 9.73. The molecule has 1 saturated carbocycles. The number of rotatable bonds is 3. The summed E-state index contributed by atoms with van der Waals surface area (Å²) in [6.07, 6.45) is 4.49. The fourth-order valence-corrected chi connectivity index (χ4v) is 2.75. The molecule has 0 radical (unpaired) electrons. The van der Waals surface area contributed by atoms with Gasteiger partial charge in [0.2, 0.25) is 0 Å². The molecule has 1 aliphatic heterocycles. The summed E-state index contributed by atoms with van der Waals surface area (Å²) in [5.41, 5.74) is -0.249. The van der Waals surface area contributed by atoms with Crippen LogP contribution in [0.5, 0.6) is 0 Å².